The lowest BCUT2D eigenvalue weighted by molar-refractivity contribution is -0.132. The minimum absolute atomic E-state index is 0.0659. The van der Waals surface area contributed by atoms with Gasteiger partial charge >= 0.3 is 0 Å². The minimum Gasteiger partial charge on any atom is -0.507 e. The Kier molecular flexibility index (Phi) is 7.38. The van der Waals surface area contributed by atoms with Gasteiger partial charge in [-0.15, -0.1) is 0 Å². The SMILES string of the molecule is CC(=O)Nc1cccc(N2C(=O)C(=O)/C(=C(/O)c3ccc(OCC(C)C)c(C)c3)C2c2ccccn2)c1. The Hall–Kier alpha value is -4.46. The van der Waals surface area contributed by atoms with Crippen molar-refractivity contribution in [3.05, 3.63) is 89.3 Å². The molecule has 2 N–H and O–H groups in total. The second-order valence-corrected chi connectivity index (χ2v) is 9.34. The molecule has 0 bridgehead atoms. The van der Waals surface area contributed by atoms with Crippen LogP contribution in [0, 0.1) is 12.8 Å². The van der Waals surface area contributed by atoms with Crippen LogP contribution in [0.2, 0.25) is 0 Å². The maximum absolute atomic E-state index is 13.3. The first-order chi connectivity index (χ1) is 17.7. The number of aryl methyl sites for hydroxylation is 1. The Morgan fingerprint density at radius 2 is 1.89 bits per heavy atom. The summed E-state index contributed by atoms with van der Waals surface area (Å²) in [7, 11) is 0. The molecule has 1 saturated heterocycles. The summed E-state index contributed by atoms with van der Waals surface area (Å²) in [6.07, 6.45) is 1.56. The van der Waals surface area contributed by atoms with E-state index >= 15 is 0 Å². The monoisotopic (exact) mass is 499 g/mol. The molecule has 0 radical (unpaired) electrons. The zero-order valence-corrected chi connectivity index (χ0v) is 21.2. The number of amides is 2. The summed E-state index contributed by atoms with van der Waals surface area (Å²) >= 11 is 0. The molecule has 0 spiro atoms. The van der Waals surface area contributed by atoms with Gasteiger partial charge in [-0.25, -0.2) is 0 Å². The molecule has 37 heavy (non-hydrogen) atoms. The van der Waals surface area contributed by atoms with Crippen molar-refractivity contribution in [2.75, 3.05) is 16.8 Å². The first-order valence-electron chi connectivity index (χ1n) is 12.0. The summed E-state index contributed by atoms with van der Waals surface area (Å²) in [5.74, 6) is -1.15. The highest BCUT2D eigenvalue weighted by molar-refractivity contribution is 6.51. The number of benzene rings is 2. The molecular weight excluding hydrogens is 470 g/mol. The molecule has 2 amide bonds. The lowest BCUT2D eigenvalue weighted by Gasteiger charge is -2.25. The summed E-state index contributed by atoms with van der Waals surface area (Å²) in [5.41, 5.74) is 2.39. The number of nitrogens with one attached hydrogen (secondary N) is 1. The number of aliphatic hydroxyl groups is 1. The largest absolute Gasteiger partial charge is 0.507 e. The van der Waals surface area contributed by atoms with Gasteiger partial charge in [0.15, 0.2) is 0 Å². The standard InChI is InChI=1S/C29H29N3O5/c1-17(2)16-37-24-12-11-20(14-18(24)3)27(34)25-26(23-10-5-6-13-30-23)32(29(36)28(25)35)22-9-7-8-21(15-22)31-19(4)33/h5-15,17,26,34H,16H2,1-4H3,(H,31,33)/b27-25+. The van der Waals surface area contributed by atoms with Gasteiger partial charge in [0.2, 0.25) is 5.91 Å². The average molecular weight is 500 g/mol. The molecule has 8 heteroatoms. The van der Waals surface area contributed by atoms with Crippen molar-refractivity contribution in [1.82, 2.24) is 4.98 Å². The lowest BCUT2D eigenvalue weighted by Crippen LogP contribution is -2.30. The molecule has 3 aromatic rings. The molecule has 1 aliphatic rings. The van der Waals surface area contributed by atoms with Gasteiger partial charge in [0.05, 0.1) is 17.9 Å². The van der Waals surface area contributed by atoms with E-state index in [4.69, 9.17) is 4.74 Å². The molecule has 0 aliphatic carbocycles. The third kappa shape index (κ3) is 5.38. The fourth-order valence-electron chi connectivity index (χ4n) is 4.22. The number of Topliss-reactive ketones (excluding diaryl/α,β-unsaturated/α-hetero) is 1. The van der Waals surface area contributed by atoms with Gasteiger partial charge in [-0.1, -0.05) is 26.0 Å². The maximum atomic E-state index is 13.3. The van der Waals surface area contributed by atoms with Crippen LogP contribution in [0.1, 0.15) is 43.6 Å². The molecule has 2 aromatic carbocycles. The average Bonchev–Trinajstić information content (AvgIpc) is 3.13. The summed E-state index contributed by atoms with van der Waals surface area (Å²) in [6, 6.07) is 16.0. The number of nitrogens with zero attached hydrogens (tertiary/aromatic N) is 2. The zero-order valence-electron chi connectivity index (χ0n) is 21.2. The Bertz CT molecular complexity index is 1380. The van der Waals surface area contributed by atoms with Crippen LogP contribution in [0.15, 0.2) is 72.4 Å². The number of hydrogen-bond donors (Lipinski definition) is 2. The van der Waals surface area contributed by atoms with Gasteiger partial charge in [0.1, 0.15) is 17.6 Å². The van der Waals surface area contributed by atoms with Crippen LogP contribution in [0.3, 0.4) is 0 Å². The van der Waals surface area contributed by atoms with Crippen LogP contribution < -0.4 is 15.0 Å². The second kappa shape index (κ2) is 10.7. The predicted molar refractivity (Wildman–Crippen MR) is 141 cm³/mol. The Labute approximate surface area is 215 Å². The van der Waals surface area contributed by atoms with Crippen molar-refractivity contribution in [1.29, 1.82) is 0 Å². The smallest absolute Gasteiger partial charge is 0.300 e. The van der Waals surface area contributed by atoms with Crippen molar-refractivity contribution >= 4 is 34.7 Å². The van der Waals surface area contributed by atoms with Crippen molar-refractivity contribution in [3.63, 3.8) is 0 Å². The van der Waals surface area contributed by atoms with Gasteiger partial charge < -0.3 is 15.2 Å². The first kappa shape index (κ1) is 25.6. The normalized spacial score (nSPS) is 16.8. The van der Waals surface area contributed by atoms with Crippen molar-refractivity contribution in [2.24, 2.45) is 5.92 Å². The van der Waals surface area contributed by atoms with Crippen LogP contribution in [0.25, 0.3) is 5.76 Å². The number of hydrogen-bond acceptors (Lipinski definition) is 6. The van der Waals surface area contributed by atoms with Gasteiger partial charge in [-0.2, -0.15) is 0 Å². The van der Waals surface area contributed by atoms with Crippen molar-refractivity contribution < 1.29 is 24.2 Å². The fourth-order valence-corrected chi connectivity index (χ4v) is 4.22. The summed E-state index contributed by atoms with van der Waals surface area (Å²) in [6.45, 7) is 7.90. The number of carbonyl (C=O) groups excluding carboxylic acids is 3. The highest BCUT2D eigenvalue weighted by atomic mass is 16.5. The minimum atomic E-state index is -0.967. The van der Waals surface area contributed by atoms with E-state index in [1.54, 1.807) is 66.9 Å². The molecule has 1 aromatic heterocycles. The van der Waals surface area contributed by atoms with E-state index in [0.717, 1.165) is 5.56 Å². The number of rotatable bonds is 7. The van der Waals surface area contributed by atoms with Crippen LogP contribution in [0.5, 0.6) is 5.75 Å². The fraction of sp³-hybridized carbons (Fsp3) is 0.241. The van der Waals surface area contributed by atoms with E-state index in [0.29, 0.717) is 40.9 Å². The number of carbonyl (C=O) groups is 3. The van der Waals surface area contributed by atoms with Gasteiger partial charge in [-0.3, -0.25) is 24.3 Å². The third-order valence-electron chi connectivity index (χ3n) is 5.88. The van der Waals surface area contributed by atoms with Crippen molar-refractivity contribution in [3.8, 4) is 5.75 Å². The number of ketones is 1. The molecule has 4 rings (SSSR count). The topological polar surface area (TPSA) is 109 Å². The van der Waals surface area contributed by atoms with E-state index in [-0.39, 0.29) is 17.2 Å². The summed E-state index contributed by atoms with van der Waals surface area (Å²) in [5, 5.41) is 14.1. The molecule has 190 valence electrons. The van der Waals surface area contributed by atoms with Crippen LogP contribution in [-0.4, -0.2) is 34.3 Å². The molecule has 1 atom stereocenters. The predicted octanol–water partition coefficient (Wildman–Crippen LogP) is 5.01. The van der Waals surface area contributed by atoms with Gasteiger partial charge in [0, 0.05) is 30.1 Å². The second-order valence-electron chi connectivity index (χ2n) is 9.34. The number of aromatic nitrogens is 1. The van der Waals surface area contributed by atoms with Crippen molar-refractivity contribution in [2.45, 2.75) is 33.7 Å². The number of aliphatic hydroxyl groups excluding tert-OH is 1. The van der Waals surface area contributed by atoms with Crippen LogP contribution >= 0.6 is 0 Å². The van der Waals surface area contributed by atoms with Gasteiger partial charge in [-0.05, 0) is 66.9 Å². The molecule has 8 nitrogen and oxygen atoms in total. The molecular formula is C29H29N3O5. The number of anilines is 2. The van der Waals surface area contributed by atoms with Crippen LogP contribution in [-0.2, 0) is 14.4 Å². The summed E-state index contributed by atoms with van der Waals surface area (Å²) in [4.78, 5) is 43.9. The quantitative estimate of drug-likeness (QED) is 0.269. The molecule has 1 fully saturated rings. The van der Waals surface area contributed by atoms with E-state index in [9.17, 15) is 19.5 Å². The first-order valence-corrected chi connectivity index (χ1v) is 12.0. The lowest BCUT2D eigenvalue weighted by atomic mass is 9.97. The zero-order chi connectivity index (χ0) is 26.7. The highest BCUT2D eigenvalue weighted by Gasteiger charge is 2.47. The summed E-state index contributed by atoms with van der Waals surface area (Å²) < 4.78 is 5.83. The number of ether oxygens (including phenoxy) is 1. The van der Waals surface area contributed by atoms with Gasteiger partial charge in [0.25, 0.3) is 11.7 Å². The molecule has 1 aliphatic heterocycles. The van der Waals surface area contributed by atoms with E-state index in [1.807, 2.05) is 6.92 Å². The van der Waals surface area contributed by atoms with E-state index < -0.39 is 17.7 Å². The highest BCUT2D eigenvalue weighted by Crippen LogP contribution is 2.42. The number of pyridine rings is 1. The Balaban J connectivity index is 1.83. The maximum Gasteiger partial charge on any atom is 0.300 e. The van der Waals surface area contributed by atoms with E-state index in [1.165, 1.54) is 11.8 Å². The van der Waals surface area contributed by atoms with Crippen LogP contribution in [0.4, 0.5) is 11.4 Å². The molecule has 0 saturated carbocycles. The molecule has 1 unspecified atom stereocenters. The Morgan fingerprint density at radius 3 is 2.54 bits per heavy atom. The molecule has 2 heterocycles. The van der Waals surface area contributed by atoms with E-state index in [2.05, 4.69) is 24.1 Å². The Morgan fingerprint density at radius 1 is 1.11 bits per heavy atom. The third-order valence-corrected chi connectivity index (χ3v) is 5.88.